The number of carbonyl (C=O) groups excluding carboxylic acids is 2. The minimum absolute atomic E-state index is 0.126. The van der Waals surface area contributed by atoms with E-state index in [1.807, 2.05) is 41.5 Å². The number of rotatable bonds is 25. The Labute approximate surface area is 235 Å². The molecule has 38 heavy (non-hydrogen) atoms. The lowest BCUT2D eigenvalue weighted by Gasteiger charge is -2.29. The molecule has 0 rings (SSSR count). The maximum Gasteiger partial charge on any atom is 0.345 e. The van der Waals surface area contributed by atoms with Crippen molar-refractivity contribution in [1.29, 1.82) is 0 Å². The Bertz CT molecular complexity index is 549. The minimum Gasteiger partial charge on any atom is -0.298 e. The van der Waals surface area contributed by atoms with E-state index in [-0.39, 0.29) is 23.8 Å². The van der Waals surface area contributed by atoms with E-state index in [0.29, 0.717) is 12.8 Å². The fourth-order valence-electron chi connectivity index (χ4n) is 4.45. The molecule has 0 aromatic heterocycles. The normalized spacial score (nSPS) is 13.8. The summed E-state index contributed by atoms with van der Waals surface area (Å²) >= 11 is 0. The van der Waals surface area contributed by atoms with Gasteiger partial charge in [-0.25, -0.2) is 9.59 Å². The van der Waals surface area contributed by atoms with Gasteiger partial charge in [-0.05, 0) is 66.2 Å². The van der Waals surface area contributed by atoms with Crippen LogP contribution in [0.3, 0.4) is 0 Å². The van der Waals surface area contributed by atoms with E-state index in [9.17, 15) is 9.59 Å². The van der Waals surface area contributed by atoms with Gasteiger partial charge in [0.15, 0.2) is 0 Å². The SMILES string of the molecule is CCCCCCCCC(CC)C(=O)OOC(C)(C)CCC(C)(C)OOC(=O)C(CC)CCCCCCCC. The molecule has 2 unspecified atom stereocenters. The summed E-state index contributed by atoms with van der Waals surface area (Å²) in [6, 6.07) is 0. The first kappa shape index (κ1) is 36.9. The van der Waals surface area contributed by atoms with Gasteiger partial charge in [0.25, 0.3) is 0 Å². The zero-order valence-corrected chi connectivity index (χ0v) is 26.3. The van der Waals surface area contributed by atoms with Crippen LogP contribution < -0.4 is 0 Å². The predicted octanol–water partition coefficient (Wildman–Crippen LogP) is 9.83. The number of hydrogen-bond acceptors (Lipinski definition) is 6. The van der Waals surface area contributed by atoms with Crippen LogP contribution >= 0.6 is 0 Å². The molecule has 0 saturated heterocycles. The monoisotopic (exact) mass is 542 g/mol. The standard InChI is InChI=1S/C32H62O6/c1-9-13-15-17-19-21-23-27(11-3)29(33)35-37-31(5,6)25-26-32(7,8)38-36-30(34)28(12-4)24-22-20-18-16-14-10-2/h27-28H,9-26H2,1-8H3. The van der Waals surface area contributed by atoms with Crippen molar-refractivity contribution in [3.63, 3.8) is 0 Å². The molecule has 0 heterocycles. The first-order chi connectivity index (χ1) is 18.0. The smallest absolute Gasteiger partial charge is 0.298 e. The predicted molar refractivity (Wildman–Crippen MR) is 155 cm³/mol. The molecule has 0 bridgehead atoms. The third-order valence-electron chi connectivity index (χ3n) is 7.49. The van der Waals surface area contributed by atoms with Gasteiger partial charge >= 0.3 is 11.9 Å². The van der Waals surface area contributed by atoms with Crippen LogP contribution in [0.25, 0.3) is 0 Å². The average molecular weight is 543 g/mol. The van der Waals surface area contributed by atoms with Gasteiger partial charge < -0.3 is 0 Å². The van der Waals surface area contributed by atoms with Gasteiger partial charge in [0.05, 0.1) is 11.8 Å². The second-order valence-electron chi connectivity index (χ2n) is 12.3. The first-order valence-corrected chi connectivity index (χ1v) is 15.8. The Morgan fingerprint density at radius 3 is 1.16 bits per heavy atom. The summed E-state index contributed by atoms with van der Waals surface area (Å²) in [6.07, 6.45) is 18.8. The van der Waals surface area contributed by atoms with Crippen LogP contribution in [0.15, 0.2) is 0 Å². The second-order valence-corrected chi connectivity index (χ2v) is 12.3. The van der Waals surface area contributed by atoms with Crippen molar-refractivity contribution in [1.82, 2.24) is 0 Å². The summed E-state index contributed by atoms with van der Waals surface area (Å²) in [5.41, 5.74) is -1.36. The molecule has 0 amide bonds. The van der Waals surface area contributed by atoms with Crippen LogP contribution in [0.5, 0.6) is 0 Å². The molecule has 0 aliphatic rings. The maximum absolute atomic E-state index is 12.6. The van der Waals surface area contributed by atoms with E-state index in [0.717, 1.165) is 51.4 Å². The molecule has 6 nitrogen and oxygen atoms in total. The maximum atomic E-state index is 12.6. The molecule has 0 aliphatic heterocycles. The van der Waals surface area contributed by atoms with Crippen molar-refractivity contribution in [2.75, 3.05) is 0 Å². The van der Waals surface area contributed by atoms with Crippen LogP contribution in [0.2, 0.25) is 0 Å². The van der Waals surface area contributed by atoms with Crippen molar-refractivity contribution < 1.29 is 29.1 Å². The summed E-state index contributed by atoms with van der Waals surface area (Å²) in [5.74, 6) is -0.817. The Hall–Kier alpha value is -1.14. The summed E-state index contributed by atoms with van der Waals surface area (Å²) in [4.78, 5) is 46.8. The van der Waals surface area contributed by atoms with Gasteiger partial charge in [-0.1, -0.05) is 105 Å². The highest BCUT2D eigenvalue weighted by molar-refractivity contribution is 5.72. The van der Waals surface area contributed by atoms with Gasteiger partial charge in [-0.2, -0.15) is 9.78 Å². The fraction of sp³-hybridized carbons (Fsp3) is 0.938. The van der Waals surface area contributed by atoms with Crippen molar-refractivity contribution >= 4 is 11.9 Å². The van der Waals surface area contributed by atoms with E-state index >= 15 is 0 Å². The lowest BCUT2D eigenvalue weighted by molar-refractivity contribution is -0.343. The topological polar surface area (TPSA) is 71.1 Å². The van der Waals surface area contributed by atoms with Gasteiger partial charge in [0.1, 0.15) is 11.2 Å². The molecule has 226 valence electrons. The molecule has 0 aromatic carbocycles. The first-order valence-electron chi connectivity index (χ1n) is 15.8. The number of hydrogen-bond donors (Lipinski definition) is 0. The van der Waals surface area contributed by atoms with Crippen LogP contribution in [-0.2, 0) is 29.1 Å². The Morgan fingerprint density at radius 2 is 0.842 bits per heavy atom. The summed E-state index contributed by atoms with van der Waals surface area (Å²) in [5, 5.41) is 0. The lowest BCUT2D eigenvalue weighted by atomic mass is 9.94. The quantitative estimate of drug-likeness (QED) is 0.0649. The van der Waals surface area contributed by atoms with Crippen molar-refractivity contribution in [3.8, 4) is 0 Å². The highest BCUT2D eigenvalue weighted by Crippen LogP contribution is 2.27. The molecule has 2 atom stereocenters. The molecule has 0 saturated carbocycles. The third kappa shape index (κ3) is 19.0. The zero-order valence-electron chi connectivity index (χ0n) is 26.3. The van der Waals surface area contributed by atoms with Gasteiger partial charge in [0.2, 0.25) is 0 Å². The summed E-state index contributed by atoms with van der Waals surface area (Å²) in [7, 11) is 0. The number of carbonyl (C=O) groups is 2. The van der Waals surface area contributed by atoms with Crippen molar-refractivity contribution in [2.24, 2.45) is 11.8 Å². The molecule has 0 spiro atoms. The Morgan fingerprint density at radius 1 is 0.526 bits per heavy atom. The van der Waals surface area contributed by atoms with Crippen LogP contribution in [0, 0.1) is 11.8 Å². The highest BCUT2D eigenvalue weighted by Gasteiger charge is 2.31. The molecular weight excluding hydrogens is 480 g/mol. The Balaban J connectivity index is 4.38. The van der Waals surface area contributed by atoms with E-state index in [1.54, 1.807) is 0 Å². The molecule has 0 aromatic rings. The fourth-order valence-corrected chi connectivity index (χ4v) is 4.45. The van der Waals surface area contributed by atoms with Crippen molar-refractivity contribution in [2.45, 2.75) is 182 Å². The van der Waals surface area contributed by atoms with E-state index in [1.165, 1.54) is 51.4 Å². The van der Waals surface area contributed by atoms with Gasteiger partial charge in [-0.15, -0.1) is 0 Å². The van der Waals surface area contributed by atoms with Crippen LogP contribution in [0.4, 0.5) is 0 Å². The Kier molecular flexibility index (Phi) is 21.0. The lowest BCUT2D eigenvalue weighted by Crippen LogP contribution is -2.34. The van der Waals surface area contributed by atoms with Crippen LogP contribution in [-0.4, -0.2) is 23.1 Å². The average Bonchev–Trinajstić information content (AvgIpc) is 2.89. The molecule has 0 radical (unpaired) electrons. The zero-order chi connectivity index (χ0) is 28.9. The largest absolute Gasteiger partial charge is 0.345 e. The summed E-state index contributed by atoms with van der Waals surface area (Å²) in [6.45, 7) is 16.0. The molecule has 0 aliphatic carbocycles. The molecule has 0 fully saturated rings. The minimum atomic E-state index is -0.678. The molecule has 6 heteroatoms. The van der Waals surface area contributed by atoms with E-state index in [2.05, 4.69) is 13.8 Å². The molecule has 0 N–H and O–H groups in total. The van der Waals surface area contributed by atoms with Crippen molar-refractivity contribution in [3.05, 3.63) is 0 Å². The third-order valence-corrected chi connectivity index (χ3v) is 7.49. The van der Waals surface area contributed by atoms with Crippen LogP contribution in [0.1, 0.15) is 171 Å². The molecular formula is C32H62O6. The number of unbranched alkanes of at least 4 members (excludes halogenated alkanes) is 10. The second kappa shape index (κ2) is 21.7. The van der Waals surface area contributed by atoms with Gasteiger partial charge in [-0.3, -0.25) is 9.78 Å². The highest BCUT2D eigenvalue weighted by atomic mass is 17.2. The van der Waals surface area contributed by atoms with E-state index < -0.39 is 11.2 Å². The van der Waals surface area contributed by atoms with E-state index in [4.69, 9.17) is 19.6 Å². The van der Waals surface area contributed by atoms with Gasteiger partial charge in [0, 0.05) is 0 Å². The summed E-state index contributed by atoms with van der Waals surface area (Å²) < 4.78 is 0.